The van der Waals surface area contributed by atoms with E-state index in [1.54, 1.807) is 0 Å². The lowest BCUT2D eigenvalue weighted by molar-refractivity contribution is -0.0130. The van der Waals surface area contributed by atoms with Crippen LogP contribution in [0.25, 0.3) is 0 Å². The Morgan fingerprint density at radius 1 is 0.425 bits per heavy atom. The summed E-state index contributed by atoms with van der Waals surface area (Å²) >= 11 is 0. The molecule has 0 saturated carbocycles. The molecule has 0 amide bonds. The molecule has 0 radical (unpaired) electrons. The molecule has 2 saturated heterocycles. The van der Waals surface area contributed by atoms with Crippen LogP contribution in [-0.4, -0.2) is 265 Å². The van der Waals surface area contributed by atoms with Gasteiger partial charge in [0.1, 0.15) is 5.82 Å². The van der Waals surface area contributed by atoms with Crippen molar-refractivity contribution in [2.75, 3.05) is 186 Å². The van der Waals surface area contributed by atoms with Crippen molar-refractivity contribution >= 4 is 11.9 Å². The van der Waals surface area contributed by atoms with Crippen molar-refractivity contribution in [3.05, 3.63) is 5.82 Å². The van der Waals surface area contributed by atoms with Crippen LogP contribution in [-0.2, 0) is 0 Å². The van der Waals surface area contributed by atoms with Crippen LogP contribution < -0.4 is 20.4 Å². The zero-order chi connectivity index (χ0) is 55.6. The molecule has 0 spiro atoms. The topological polar surface area (TPSA) is 95.1 Å². The van der Waals surface area contributed by atoms with Gasteiger partial charge in [-0.1, -0.05) is 26.7 Å². The minimum Gasteiger partial charge on any atom is -0.338 e. The van der Waals surface area contributed by atoms with E-state index in [1.807, 2.05) is 14.1 Å². The Morgan fingerprint density at radius 2 is 0.712 bits per heavy atom. The predicted octanol–water partition coefficient (Wildman–Crippen LogP) is 7.52. The minimum atomic E-state index is 0.111. The molecule has 0 atom stereocenters. The van der Waals surface area contributed by atoms with E-state index in [9.17, 15) is 0 Å². The molecule has 73 heavy (non-hydrogen) atoms. The fraction of sp³-hybridized carbons (Fsp3) is 0.948. The van der Waals surface area contributed by atoms with Gasteiger partial charge in [0, 0.05) is 73.5 Å². The molecule has 1 aromatic rings. The van der Waals surface area contributed by atoms with Crippen LogP contribution in [0.5, 0.6) is 0 Å². The van der Waals surface area contributed by atoms with Crippen LogP contribution in [0.2, 0.25) is 0 Å². The number of aryl methyl sites for hydroxylation is 1. The highest BCUT2D eigenvalue weighted by molar-refractivity contribution is 5.42. The van der Waals surface area contributed by atoms with Gasteiger partial charge in [0.05, 0.1) is 0 Å². The first-order valence-corrected chi connectivity index (χ1v) is 29.1. The van der Waals surface area contributed by atoms with E-state index in [1.165, 1.54) is 91.1 Å². The number of piperidine rings is 2. The van der Waals surface area contributed by atoms with E-state index in [0.29, 0.717) is 12.1 Å². The zero-order valence-electron chi connectivity index (χ0n) is 52.9. The van der Waals surface area contributed by atoms with Crippen LogP contribution in [0, 0.1) is 6.92 Å². The van der Waals surface area contributed by atoms with Crippen LogP contribution in [0.3, 0.4) is 0 Å². The number of likely N-dealkylation sites (N-methyl/N-ethyl adjacent to an activating group) is 4. The summed E-state index contributed by atoms with van der Waals surface area (Å²) in [4.78, 5) is 39.7. The van der Waals surface area contributed by atoms with Gasteiger partial charge < -0.3 is 49.8 Å². The maximum Gasteiger partial charge on any atom is 0.230 e. The number of nitrogens with zero attached hydrogens (tertiary/aromatic N) is 13. The summed E-state index contributed by atoms with van der Waals surface area (Å²) in [5, 5.41) is 6.36. The molecular formula is C58H125N15. The van der Waals surface area contributed by atoms with Gasteiger partial charge in [-0.15, -0.1) is 0 Å². The fourth-order valence-electron chi connectivity index (χ4n) is 10.8. The summed E-state index contributed by atoms with van der Waals surface area (Å²) in [5.41, 5.74) is 0.445. The maximum absolute atomic E-state index is 5.32. The van der Waals surface area contributed by atoms with Crippen molar-refractivity contribution in [2.24, 2.45) is 0 Å². The second-order valence-corrected chi connectivity index (χ2v) is 25.5. The maximum atomic E-state index is 5.32. The van der Waals surface area contributed by atoms with E-state index in [0.717, 1.165) is 95.3 Å². The van der Waals surface area contributed by atoms with Gasteiger partial charge in [0.25, 0.3) is 0 Å². The van der Waals surface area contributed by atoms with E-state index >= 15 is 0 Å². The lowest BCUT2D eigenvalue weighted by Crippen LogP contribution is -2.63. The molecule has 2 fully saturated rings. The second kappa shape index (κ2) is 34.9. The molecule has 3 rings (SSSR count). The van der Waals surface area contributed by atoms with Gasteiger partial charge in [-0.05, 0) is 263 Å². The Kier molecular flexibility index (Phi) is 33.1. The fourth-order valence-corrected chi connectivity index (χ4v) is 10.8. The molecule has 432 valence electrons. The van der Waals surface area contributed by atoms with Gasteiger partial charge in [-0.25, -0.2) is 0 Å². The summed E-state index contributed by atoms with van der Waals surface area (Å²) in [7, 11) is 26.0. The van der Waals surface area contributed by atoms with Crippen molar-refractivity contribution in [3.8, 4) is 0 Å². The number of nitrogens with one attached hydrogen (secondary N) is 2. The summed E-state index contributed by atoms with van der Waals surface area (Å²) in [6.45, 7) is 41.7. The third kappa shape index (κ3) is 26.9. The first kappa shape index (κ1) is 69.2. The van der Waals surface area contributed by atoms with Crippen LogP contribution in [0.1, 0.15) is 152 Å². The number of unbranched alkanes of at least 4 members (excludes halogenated alkanes) is 2. The molecule has 15 nitrogen and oxygen atoms in total. The summed E-state index contributed by atoms with van der Waals surface area (Å²) in [5.74, 6) is 2.58. The molecule has 0 aromatic carbocycles. The molecule has 0 bridgehead atoms. The molecule has 0 unspecified atom stereocenters. The normalized spacial score (nSPS) is 18.2. The van der Waals surface area contributed by atoms with Crippen molar-refractivity contribution in [1.29, 1.82) is 0 Å². The molecule has 1 aromatic heterocycles. The first-order valence-electron chi connectivity index (χ1n) is 29.1. The van der Waals surface area contributed by atoms with Crippen LogP contribution in [0.4, 0.5) is 11.9 Å². The molecule has 0 aliphatic carbocycles. The highest BCUT2D eigenvalue weighted by Gasteiger charge is 2.47. The Labute approximate surface area is 454 Å². The molecule has 3 heterocycles. The molecule has 15 heteroatoms. The van der Waals surface area contributed by atoms with E-state index in [4.69, 9.17) is 15.0 Å². The highest BCUT2D eigenvalue weighted by atomic mass is 15.4. The molecular weight excluding hydrogens is 907 g/mol. The number of hydrogen-bond acceptors (Lipinski definition) is 15. The first-order chi connectivity index (χ1) is 34.1. The number of anilines is 2. The number of rotatable bonds is 32. The van der Waals surface area contributed by atoms with Gasteiger partial charge in [0.2, 0.25) is 11.9 Å². The summed E-state index contributed by atoms with van der Waals surface area (Å²) in [6, 6.07) is 0.801. The summed E-state index contributed by atoms with van der Waals surface area (Å²) < 4.78 is 0. The highest BCUT2D eigenvalue weighted by Crippen LogP contribution is 2.42. The summed E-state index contributed by atoms with van der Waals surface area (Å²) in [6.07, 6.45) is 14.0. The lowest BCUT2D eigenvalue weighted by atomic mass is 9.77. The van der Waals surface area contributed by atoms with E-state index in [-0.39, 0.29) is 22.2 Å². The Hall–Kier alpha value is -1.79. The lowest BCUT2D eigenvalue weighted by Gasteiger charge is -2.56. The van der Waals surface area contributed by atoms with Gasteiger partial charge in [-0.3, -0.25) is 9.80 Å². The Balaban J connectivity index is 0.000000649. The van der Waals surface area contributed by atoms with E-state index in [2.05, 4.69) is 206 Å². The standard InChI is InChI=1S/C32H61N7.C14H34N4.C12H30N4/c1-14-16-18-38(25-20-29(4,5)36(12)30(6,7)21-25)27-33-24(3)34-28(35-27)39(19-17-15-2)26-22-31(8,9)37(13)32(10,11)23-26;1-15(2)9-7-11-17(5)13-14-18(6)12-8-10-16(3)4;1-13-7-5-9-15(3)11-12-16(4)10-6-8-14-2/h25-26H,14-23H2,1-13H3;7-14H2,1-6H3;13-14H,5-12H2,1-4H3. The zero-order valence-corrected chi connectivity index (χ0v) is 52.9. The number of hydrogen-bond donors (Lipinski definition) is 2. The van der Waals surface area contributed by atoms with Crippen molar-refractivity contribution in [3.63, 3.8) is 0 Å². The van der Waals surface area contributed by atoms with Gasteiger partial charge >= 0.3 is 0 Å². The Bertz CT molecular complexity index is 1410. The quantitative estimate of drug-likeness (QED) is 0.0697. The molecule has 2 N–H and O–H groups in total. The van der Waals surface area contributed by atoms with Crippen molar-refractivity contribution < 1.29 is 0 Å². The number of aromatic nitrogens is 3. The number of likely N-dealkylation sites (tertiary alicyclic amines) is 2. The second-order valence-electron chi connectivity index (χ2n) is 25.5. The smallest absolute Gasteiger partial charge is 0.230 e. The van der Waals surface area contributed by atoms with E-state index < -0.39 is 0 Å². The van der Waals surface area contributed by atoms with Gasteiger partial charge in [-0.2, -0.15) is 15.0 Å². The van der Waals surface area contributed by atoms with Crippen molar-refractivity contribution in [1.82, 2.24) is 64.8 Å². The average molecular weight is 1030 g/mol. The SMILES string of the molecule is CCCCN(c1nc(C)nc(N(CCCC)C2CC(C)(C)N(C)C(C)(C)C2)n1)C1CC(C)(C)N(C)C(C)(C)C1.CN(C)CCCN(C)CCN(C)CCCN(C)C.CNCCCN(C)CCN(C)CCCNC. The third-order valence-corrected chi connectivity index (χ3v) is 16.1. The van der Waals surface area contributed by atoms with Crippen molar-refractivity contribution in [2.45, 2.75) is 187 Å². The molecule has 2 aliphatic heterocycles. The molecule has 2 aliphatic rings. The van der Waals surface area contributed by atoms with Crippen LogP contribution >= 0.6 is 0 Å². The Morgan fingerprint density at radius 3 is 0.973 bits per heavy atom. The average Bonchev–Trinajstić information content (AvgIpc) is 3.29. The van der Waals surface area contributed by atoms with Gasteiger partial charge in [0.15, 0.2) is 0 Å². The minimum absolute atomic E-state index is 0.111. The largest absolute Gasteiger partial charge is 0.338 e. The van der Waals surface area contributed by atoms with Crippen LogP contribution in [0.15, 0.2) is 0 Å². The monoisotopic (exact) mass is 1030 g/mol. The third-order valence-electron chi connectivity index (χ3n) is 16.1. The predicted molar refractivity (Wildman–Crippen MR) is 320 cm³/mol.